The summed E-state index contributed by atoms with van der Waals surface area (Å²) in [7, 11) is 14.5. The minimum atomic E-state index is -1.24. The summed E-state index contributed by atoms with van der Waals surface area (Å²) in [4.78, 5) is 28.4. The van der Waals surface area contributed by atoms with Gasteiger partial charge in [0.25, 0.3) is 0 Å². The van der Waals surface area contributed by atoms with Gasteiger partial charge in [-0.05, 0) is 59.7 Å². The number of anilines is 2. The molecule has 4 unspecified atom stereocenters. The standard InChI is InChI=1S/C21H23Cl2NO4.C20H21Cl2NO5/c1-24(2)14-8-6-12(7-9-14)17-18(21(17,22)23)19(25)13-10-15(26-3)20(28-5)16(11-13)27-4;1-25-13-6-5-10(7-12(13)23)16-17(20(16,21)22)18(24)11-8-14(26-2)19(28-4)15(9-11)27-3/h6-11,17-18H,1-5H3;5-9,16-17H,23H2,1-4H3. The van der Waals surface area contributed by atoms with Crippen molar-refractivity contribution < 1.29 is 42.7 Å². The maximum Gasteiger partial charge on any atom is 0.203 e. The van der Waals surface area contributed by atoms with Gasteiger partial charge >= 0.3 is 0 Å². The molecular formula is C41H44Cl4N2O9. The Morgan fingerprint density at radius 3 is 1.21 bits per heavy atom. The summed E-state index contributed by atoms with van der Waals surface area (Å²) in [6.45, 7) is 0. The minimum Gasteiger partial charge on any atom is -0.495 e. The summed E-state index contributed by atoms with van der Waals surface area (Å²) >= 11 is 26.0. The number of carbonyl (C=O) groups excluding carboxylic acids is 2. The highest BCUT2D eigenvalue weighted by atomic mass is 35.5. The lowest BCUT2D eigenvalue weighted by atomic mass is 10.0. The lowest BCUT2D eigenvalue weighted by Gasteiger charge is -2.14. The molecule has 2 N–H and O–H groups in total. The van der Waals surface area contributed by atoms with E-state index in [0.29, 0.717) is 57.1 Å². The lowest BCUT2D eigenvalue weighted by Crippen LogP contribution is -2.08. The molecule has 4 aromatic carbocycles. The van der Waals surface area contributed by atoms with Crippen LogP contribution in [0.2, 0.25) is 0 Å². The van der Waals surface area contributed by atoms with Crippen LogP contribution in [0.3, 0.4) is 0 Å². The number of methoxy groups -OCH3 is 7. The fourth-order valence-electron chi connectivity index (χ4n) is 6.87. The molecule has 0 saturated heterocycles. The van der Waals surface area contributed by atoms with Crippen LogP contribution in [0, 0.1) is 11.8 Å². The molecule has 300 valence electrons. The van der Waals surface area contributed by atoms with Crippen molar-refractivity contribution in [2.75, 3.05) is 74.5 Å². The average Bonchev–Trinajstić information content (AvgIpc) is 4.00. The number of ketones is 2. The number of hydrogen-bond acceptors (Lipinski definition) is 11. The fraction of sp³-hybridized carbons (Fsp3) is 0.366. The van der Waals surface area contributed by atoms with E-state index in [9.17, 15) is 9.59 Å². The van der Waals surface area contributed by atoms with E-state index < -0.39 is 26.4 Å². The van der Waals surface area contributed by atoms with Gasteiger partial charge in [0.1, 0.15) is 14.4 Å². The molecule has 0 bridgehead atoms. The number of nitrogens with two attached hydrogens (primary N) is 1. The SMILES string of the molecule is COc1cc(C(=O)C2C(c3ccc(N(C)C)cc3)C2(Cl)Cl)cc(OC)c1OC.COc1ccc(C2C(C(=O)c3cc(OC)c(OC)c(OC)c3)C2(Cl)Cl)cc1N. The number of hydrogen-bond donors (Lipinski definition) is 1. The molecular weight excluding hydrogens is 806 g/mol. The molecule has 6 rings (SSSR count). The highest BCUT2D eigenvalue weighted by Crippen LogP contribution is 2.67. The zero-order valence-electron chi connectivity index (χ0n) is 32.4. The van der Waals surface area contributed by atoms with Crippen LogP contribution in [0.1, 0.15) is 43.7 Å². The number of alkyl halides is 4. The third-order valence-corrected chi connectivity index (χ3v) is 11.8. The Kier molecular flexibility index (Phi) is 12.9. The van der Waals surface area contributed by atoms with Crippen molar-refractivity contribution in [2.24, 2.45) is 11.8 Å². The summed E-state index contributed by atoms with van der Waals surface area (Å²) in [6.07, 6.45) is 0. The molecule has 0 heterocycles. The molecule has 4 atom stereocenters. The Bertz CT molecular complexity index is 2040. The highest BCUT2D eigenvalue weighted by Gasteiger charge is 2.68. The molecule has 2 aliphatic rings. The van der Waals surface area contributed by atoms with Gasteiger partial charge < -0.3 is 43.8 Å². The van der Waals surface area contributed by atoms with Gasteiger partial charge in [0.05, 0.1) is 67.3 Å². The topological polar surface area (TPSA) is 128 Å². The van der Waals surface area contributed by atoms with Crippen LogP contribution in [0.4, 0.5) is 11.4 Å². The molecule has 15 heteroatoms. The summed E-state index contributed by atoms with van der Waals surface area (Å²) in [5.41, 5.74) is 9.99. The first-order chi connectivity index (χ1) is 26.5. The van der Waals surface area contributed by atoms with E-state index in [0.717, 1.165) is 16.8 Å². The van der Waals surface area contributed by atoms with E-state index in [1.807, 2.05) is 49.3 Å². The van der Waals surface area contributed by atoms with Crippen LogP contribution < -0.4 is 43.8 Å². The third kappa shape index (κ3) is 8.05. The summed E-state index contributed by atoms with van der Waals surface area (Å²) in [5.74, 6) is 0.721. The number of ether oxygens (including phenoxy) is 7. The van der Waals surface area contributed by atoms with Crippen molar-refractivity contribution in [2.45, 2.75) is 20.5 Å². The molecule has 11 nitrogen and oxygen atoms in total. The van der Waals surface area contributed by atoms with Crippen molar-refractivity contribution in [3.05, 3.63) is 89.0 Å². The van der Waals surface area contributed by atoms with Gasteiger partial charge in [0, 0.05) is 42.7 Å². The Morgan fingerprint density at radius 2 is 0.893 bits per heavy atom. The number of nitrogen functional groups attached to an aromatic ring is 1. The van der Waals surface area contributed by atoms with Crippen LogP contribution in [0.5, 0.6) is 40.2 Å². The highest BCUT2D eigenvalue weighted by molar-refractivity contribution is 6.54. The molecule has 0 spiro atoms. The van der Waals surface area contributed by atoms with Crippen LogP contribution in [0.25, 0.3) is 0 Å². The number of carbonyl (C=O) groups is 2. The number of halogens is 4. The Hall–Kier alpha value is -4.42. The predicted molar refractivity (Wildman–Crippen MR) is 220 cm³/mol. The second kappa shape index (κ2) is 17.0. The number of nitrogens with zero attached hydrogens (tertiary/aromatic N) is 1. The average molecular weight is 851 g/mol. The van der Waals surface area contributed by atoms with Gasteiger partial charge in [0.15, 0.2) is 34.6 Å². The molecule has 0 aliphatic heterocycles. The lowest BCUT2D eigenvalue weighted by molar-refractivity contribution is 0.0956. The maximum absolute atomic E-state index is 13.2. The number of rotatable bonds is 14. The van der Waals surface area contributed by atoms with E-state index in [1.54, 1.807) is 36.4 Å². The second-order valence-corrected chi connectivity index (χ2v) is 16.2. The van der Waals surface area contributed by atoms with E-state index >= 15 is 0 Å². The molecule has 56 heavy (non-hydrogen) atoms. The van der Waals surface area contributed by atoms with Gasteiger partial charge in [-0.15, -0.1) is 46.4 Å². The predicted octanol–water partition coefficient (Wildman–Crippen LogP) is 8.62. The van der Waals surface area contributed by atoms with Gasteiger partial charge in [-0.25, -0.2) is 0 Å². The molecule has 0 aromatic heterocycles. The van der Waals surface area contributed by atoms with Crippen molar-refractivity contribution in [3.8, 4) is 40.2 Å². The second-order valence-electron chi connectivity index (χ2n) is 13.3. The van der Waals surface area contributed by atoms with Gasteiger partial charge in [0.2, 0.25) is 11.5 Å². The maximum atomic E-state index is 13.2. The Balaban J connectivity index is 0.000000214. The first kappa shape index (κ1) is 42.7. The molecule has 2 saturated carbocycles. The zero-order valence-corrected chi connectivity index (χ0v) is 35.4. The zero-order chi connectivity index (χ0) is 41.3. The first-order valence-corrected chi connectivity index (χ1v) is 18.7. The van der Waals surface area contributed by atoms with Crippen LogP contribution in [-0.4, -0.2) is 84.1 Å². The van der Waals surface area contributed by atoms with Crippen molar-refractivity contribution >= 4 is 69.3 Å². The van der Waals surface area contributed by atoms with Gasteiger partial charge in [-0.2, -0.15) is 0 Å². The molecule has 4 aromatic rings. The van der Waals surface area contributed by atoms with E-state index in [2.05, 4.69) is 0 Å². The van der Waals surface area contributed by atoms with Crippen molar-refractivity contribution in [3.63, 3.8) is 0 Å². The summed E-state index contributed by atoms with van der Waals surface area (Å²) in [5, 5.41) is 0. The monoisotopic (exact) mass is 848 g/mol. The molecule has 2 aliphatic carbocycles. The van der Waals surface area contributed by atoms with Crippen molar-refractivity contribution in [1.82, 2.24) is 0 Å². The Morgan fingerprint density at radius 1 is 0.536 bits per heavy atom. The normalized spacial score (nSPS) is 19.7. The summed E-state index contributed by atoms with van der Waals surface area (Å²) < 4.78 is 34.7. The largest absolute Gasteiger partial charge is 0.495 e. The number of benzene rings is 4. The molecule has 2 fully saturated rings. The van der Waals surface area contributed by atoms with Crippen LogP contribution >= 0.6 is 46.4 Å². The smallest absolute Gasteiger partial charge is 0.203 e. The first-order valence-electron chi connectivity index (χ1n) is 17.2. The summed E-state index contributed by atoms with van der Waals surface area (Å²) in [6, 6.07) is 19.6. The Labute approximate surface area is 346 Å². The van der Waals surface area contributed by atoms with Crippen molar-refractivity contribution in [1.29, 1.82) is 0 Å². The van der Waals surface area contributed by atoms with E-state index in [-0.39, 0.29) is 17.5 Å². The van der Waals surface area contributed by atoms with E-state index in [1.165, 1.54) is 49.8 Å². The van der Waals surface area contributed by atoms with Gasteiger partial charge in [-0.3, -0.25) is 9.59 Å². The molecule has 0 amide bonds. The quantitative estimate of drug-likeness (QED) is 0.0745. The fourth-order valence-corrected chi connectivity index (χ4v) is 8.52. The van der Waals surface area contributed by atoms with Crippen LogP contribution in [0.15, 0.2) is 66.7 Å². The minimum absolute atomic E-state index is 0.161. The van der Waals surface area contributed by atoms with Gasteiger partial charge in [-0.1, -0.05) is 18.2 Å². The van der Waals surface area contributed by atoms with E-state index in [4.69, 9.17) is 85.3 Å². The van der Waals surface area contributed by atoms with Crippen LogP contribution in [-0.2, 0) is 0 Å². The molecule has 0 radical (unpaired) electrons. The number of Topliss-reactive ketones (excluding diaryl/α,β-unsaturated/α-hetero) is 2. The third-order valence-electron chi connectivity index (χ3n) is 9.95.